The first-order valence-electron chi connectivity index (χ1n) is 8.53. The van der Waals surface area contributed by atoms with Crippen LogP contribution in [0.25, 0.3) is 0 Å². The minimum atomic E-state index is -0.534. The predicted octanol–water partition coefficient (Wildman–Crippen LogP) is 1.65. The second kappa shape index (κ2) is 5.58. The van der Waals surface area contributed by atoms with Crippen LogP contribution in [0.2, 0.25) is 0 Å². The van der Waals surface area contributed by atoms with E-state index < -0.39 is 6.10 Å². The third-order valence-electron chi connectivity index (χ3n) is 5.87. The quantitative estimate of drug-likeness (QED) is 0.829. The Morgan fingerprint density at radius 3 is 2.74 bits per heavy atom. The molecule has 3 atom stereocenters. The van der Waals surface area contributed by atoms with E-state index in [2.05, 4.69) is 4.90 Å². The molecule has 124 valence electrons. The van der Waals surface area contributed by atoms with Crippen LogP contribution in [-0.4, -0.2) is 40.6 Å². The van der Waals surface area contributed by atoms with E-state index in [1.807, 2.05) is 13.0 Å². The number of aliphatic hydroxyl groups excluding tert-OH is 1. The predicted molar refractivity (Wildman–Crippen MR) is 86.0 cm³/mol. The third-order valence-corrected chi connectivity index (χ3v) is 5.87. The Balaban J connectivity index is 1.54. The summed E-state index contributed by atoms with van der Waals surface area (Å²) < 4.78 is 5.10. The zero-order valence-electron chi connectivity index (χ0n) is 13.5. The molecule has 5 heteroatoms. The van der Waals surface area contributed by atoms with Gasteiger partial charge in [-0.15, -0.1) is 0 Å². The summed E-state index contributed by atoms with van der Waals surface area (Å²) in [6, 6.07) is 5.00. The van der Waals surface area contributed by atoms with Gasteiger partial charge in [0.2, 0.25) is 0 Å². The van der Waals surface area contributed by atoms with Gasteiger partial charge in [-0.1, -0.05) is 6.07 Å². The van der Waals surface area contributed by atoms with E-state index in [4.69, 9.17) is 10.5 Å². The minimum Gasteiger partial charge on any atom is -0.457 e. The summed E-state index contributed by atoms with van der Waals surface area (Å²) in [4.78, 5) is 14.1. The van der Waals surface area contributed by atoms with Crippen LogP contribution >= 0.6 is 0 Å². The van der Waals surface area contributed by atoms with Crippen LogP contribution in [0.3, 0.4) is 0 Å². The van der Waals surface area contributed by atoms with Crippen molar-refractivity contribution < 1.29 is 14.6 Å². The SMILES string of the molecule is Cc1c([C@@H](O)CN2C3CCC2CC(N)C3)ccc2c1COC2=O. The number of hydrogen-bond donors (Lipinski definition) is 2. The van der Waals surface area contributed by atoms with Gasteiger partial charge in [0.25, 0.3) is 0 Å². The zero-order valence-corrected chi connectivity index (χ0v) is 13.5. The van der Waals surface area contributed by atoms with Crippen molar-refractivity contribution in [3.8, 4) is 0 Å². The highest BCUT2D eigenvalue weighted by molar-refractivity contribution is 5.93. The van der Waals surface area contributed by atoms with Crippen molar-refractivity contribution in [3.05, 3.63) is 34.4 Å². The van der Waals surface area contributed by atoms with Gasteiger partial charge in [0.05, 0.1) is 11.7 Å². The first kappa shape index (κ1) is 15.1. The van der Waals surface area contributed by atoms with Crippen LogP contribution in [0.1, 0.15) is 58.8 Å². The molecule has 2 saturated heterocycles. The molecule has 2 unspecified atom stereocenters. The van der Waals surface area contributed by atoms with Gasteiger partial charge in [0.1, 0.15) is 6.61 Å². The smallest absolute Gasteiger partial charge is 0.338 e. The van der Waals surface area contributed by atoms with Crippen LogP contribution in [0.4, 0.5) is 0 Å². The summed E-state index contributed by atoms with van der Waals surface area (Å²) in [5.74, 6) is -0.257. The number of ether oxygens (including phenoxy) is 1. The number of piperidine rings is 1. The fourth-order valence-electron chi connectivity index (χ4n) is 4.64. The highest BCUT2D eigenvalue weighted by Gasteiger charge is 2.40. The number of rotatable bonds is 3. The molecule has 3 aliphatic heterocycles. The highest BCUT2D eigenvalue weighted by Crippen LogP contribution is 2.37. The summed E-state index contributed by atoms with van der Waals surface area (Å²) >= 11 is 0. The number of nitrogens with zero attached hydrogens (tertiary/aromatic N) is 1. The summed E-state index contributed by atoms with van der Waals surface area (Å²) in [5.41, 5.74) is 9.59. The maximum atomic E-state index is 11.6. The minimum absolute atomic E-state index is 0.257. The number of carbonyl (C=O) groups is 1. The second-order valence-corrected chi connectivity index (χ2v) is 7.21. The van der Waals surface area contributed by atoms with Crippen molar-refractivity contribution in [1.82, 2.24) is 4.90 Å². The van der Waals surface area contributed by atoms with E-state index in [1.165, 1.54) is 12.8 Å². The number of benzene rings is 1. The lowest BCUT2D eigenvalue weighted by Crippen LogP contribution is -2.48. The van der Waals surface area contributed by atoms with Gasteiger partial charge in [-0.2, -0.15) is 0 Å². The van der Waals surface area contributed by atoms with Gasteiger partial charge in [-0.05, 0) is 49.8 Å². The molecule has 23 heavy (non-hydrogen) atoms. The Hall–Kier alpha value is -1.43. The third kappa shape index (κ3) is 2.47. The molecule has 3 N–H and O–H groups in total. The molecule has 1 aromatic rings. The van der Waals surface area contributed by atoms with Crippen LogP contribution < -0.4 is 5.73 Å². The largest absolute Gasteiger partial charge is 0.457 e. The summed E-state index contributed by atoms with van der Waals surface area (Å²) in [6.07, 6.45) is 3.92. The van der Waals surface area contributed by atoms with Gasteiger partial charge < -0.3 is 15.6 Å². The molecule has 3 aliphatic rings. The number of fused-ring (bicyclic) bond motifs is 3. The van der Waals surface area contributed by atoms with Gasteiger partial charge >= 0.3 is 5.97 Å². The van der Waals surface area contributed by atoms with E-state index in [1.54, 1.807) is 6.07 Å². The molecule has 0 saturated carbocycles. The summed E-state index contributed by atoms with van der Waals surface area (Å²) in [6.45, 7) is 2.95. The molecule has 3 heterocycles. The molecule has 0 amide bonds. The van der Waals surface area contributed by atoms with Crippen molar-refractivity contribution in [1.29, 1.82) is 0 Å². The molecular formula is C18H24N2O3. The lowest BCUT2D eigenvalue weighted by atomic mass is 9.93. The average Bonchev–Trinajstić information content (AvgIpc) is 2.99. The summed E-state index contributed by atoms with van der Waals surface area (Å²) in [5, 5.41) is 10.8. The van der Waals surface area contributed by atoms with Crippen LogP contribution in [0.15, 0.2) is 12.1 Å². The van der Waals surface area contributed by atoms with Crippen molar-refractivity contribution in [2.24, 2.45) is 5.73 Å². The Morgan fingerprint density at radius 2 is 2.04 bits per heavy atom. The molecule has 2 bridgehead atoms. The van der Waals surface area contributed by atoms with E-state index in [0.29, 0.717) is 36.8 Å². The molecular weight excluding hydrogens is 292 g/mol. The van der Waals surface area contributed by atoms with E-state index >= 15 is 0 Å². The molecule has 0 radical (unpaired) electrons. The fourth-order valence-corrected chi connectivity index (χ4v) is 4.64. The molecule has 4 rings (SSSR count). The van der Waals surface area contributed by atoms with E-state index in [9.17, 15) is 9.90 Å². The van der Waals surface area contributed by atoms with Crippen LogP contribution in [-0.2, 0) is 11.3 Å². The fraction of sp³-hybridized carbons (Fsp3) is 0.611. The Labute approximate surface area is 136 Å². The Kier molecular flexibility index (Phi) is 3.67. The number of aliphatic hydroxyl groups is 1. The molecule has 5 nitrogen and oxygen atoms in total. The lowest BCUT2D eigenvalue weighted by Gasteiger charge is -2.39. The molecule has 1 aromatic carbocycles. The standard InChI is InChI=1S/C18H24N2O3/c1-10-14(4-5-15-16(10)9-23-18(15)22)17(21)8-20-12-2-3-13(20)7-11(19)6-12/h4-5,11-13,17,21H,2-3,6-9,19H2,1H3/t11?,12?,13?,17-/m0/s1. The van der Waals surface area contributed by atoms with Crippen molar-refractivity contribution in [3.63, 3.8) is 0 Å². The van der Waals surface area contributed by atoms with Crippen LogP contribution in [0.5, 0.6) is 0 Å². The van der Waals surface area contributed by atoms with Crippen LogP contribution in [0, 0.1) is 6.92 Å². The normalized spacial score (nSPS) is 31.1. The molecule has 2 fully saturated rings. The monoisotopic (exact) mass is 316 g/mol. The Morgan fingerprint density at radius 1 is 1.35 bits per heavy atom. The maximum absolute atomic E-state index is 11.6. The van der Waals surface area contributed by atoms with Gasteiger partial charge in [0.15, 0.2) is 0 Å². The Bertz CT molecular complexity index is 631. The number of nitrogens with two attached hydrogens (primary N) is 1. The first-order valence-corrected chi connectivity index (χ1v) is 8.53. The molecule has 0 aromatic heterocycles. The van der Waals surface area contributed by atoms with Gasteiger partial charge in [0, 0.05) is 30.2 Å². The van der Waals surface area contributed by atoms with Gasteiger partial charge in [-0.3, -0.25) is 4.90 Å². The number of esters is 1. The second-order valence-electron chi connectivity index (χ2n) is 7.21. The first-order chi connectivity index (χ1) is 11.0. The van der Waals surface area contributed by atoms with Crippen molar-refractivity contribution >= 4 is 5.97 Å². The topological polar surface area (TPSA) is 75.8 Å². The summed E-state index contributed by atoms with van der Waals surface area (Å²) in [7, 11) is 0. The average molecular weight is 316 g/mol. The number of carbonyl (C=O) groups excluding carboxylic acids is 1. The van der Waals surface area contributed by atoms with Crippen molar-refractivity contribution in [2.45, 2.75) is 63.4 Å². The molecule has 0 aliphatic carbocycles. The van der Waals surface area contributed by atoms with Crippen molar-refractivity contribution in [2.75, 3.05) is 6.54 Å². The number of hydrogen-bond acceptors (Lipinski definition) is 5. The van der Waals surface area contributed by atoms with E-state index in [-0.39, 0.29) is 5.97 Å². The zero-order chi connectivity index (χ0) is 16.1. The van der Waals surface area contributed by atoms with E-state index in [0.717, 1.165) is 29.5 Å². The van der Waals surface area contributed by atoms with Gasteiger partial charge in [-0.25, -0.2) is 4.79 Å². The maximum Gasteiger partial charge on any atom is 0.338 e. The number of cyclic esters (lactones) is 1. The lowest BCUT2D eigenvalue weighted by molar-refractivity contribution is 0.0534. The highest BCUT2D eigenvalue weighted by atomic mass is 16.5. The molecule has 0 spiro atoms.